The Morgan fingerprint density at radius 2 is 1.92 bits per heavy atom. The number of benzene rings is 1. The van der Waals surface area contributed by atoms with Gasteiger partial charge in [0.2, 0.25) is 5.91 Å². The summed E-state index contributed by atoms with van der Waals surface area (Å²) in [6.07, 6.45) is 0.702. The molecule has 1 aromatic carbocycles. The molecule has 0 fully saturated rings. The summed E-state index contributed by atoms with van der Waals surface area (Å²) in [5.41, 5.74) is 7.24. The lowest BCUT2D eigenvalue weighted by atomic mass is 10.1. The molecule has 0 radical (unpaired) electrons. The van der Waals surface area contributed by atoms with Crippen molar-refractivity contribution < 1.29 is 14.5 Å². The first kappa shape index (κ1) is 17.6. The van der Waals surface area contributed by atoms with E-state index in [1.54, 1.807) is 0 Å². The number of carbonyl (C=O) groups is 2. The lowest BCUT2D eigenvalue weighted by molar-refractivity contribution is -0.384. The summed E-state index contributed by atoms with van der Waals surface area (Å²) >= 11 is 1.32. The van der Waals surface area contributed by atoms with E-state index in [0.717, 1.165) is 10.4 Å². The molecule has 0 aliphatic heterocycles. The van der Waals surface area contributed by atoms with Gasteiger partial charge in [-0.15, -0.1) is 11.3 Å². The monoisotopic (exact) mass is 347 g/mol. The smallest absolute Gasteiger partial charge is 0.269 e. The summed E-state index contributed by atoms with van der Waals surface area (Å²) in [7, 11) is 0. The Morgan fingerprint density at radius 1 is 1.29 bits per heavy atom. The Hall–Kier alpha value is -2.74. The van der Waals surface area contributed by atoms with Crippen LogP contribution in [0.3, 0.4) is 0 Å². The van der Waals surface area contributed by atoms with Crippen molar-refractivity contribution in [3.05, 3.63) is 55.9 Å². The van der Waals surface area contributed by atoms with E-state index in [9.17, 15) is 19.7 Å². The van der Waals surface area contributed by atoms with Crippen LogP contribution in [0, 0.1) is 17.0 Å². The van der Waals surface area contributed by atoms with Gasteiger partial charge in [0, 0.05) is 17.0 Å². The third-order valence-corrected chi connectivity index (χ3v) is 4.64. The van der Waals surface area contributed by atoms with E-state index in [1.165, 1.54) is 35.6 Å². The molecule has 0 atom stereocenters. The van der Waals surface area contributed by atoms with E-state index < -0.39 is 10.8 Å². The molecule has 1 aromatic heterocycles. The van der Waals surface area contributed by atoms with E-state index in [-0.39, 0.29) is 18.0 Å². The molecular formula is C16H17N3O4S. The normalized spacial score (nSPS) is 10.4. The van der Waals surface area contributed by atoms with Crippen LogP contribution < -0.4 is 11.1 Å². The number of nitrogens with one attached hydrogen (secondary N) is 1. The molecule has 3 N–H and O–H groups in total. The predicted molar refractivity (Wildman–Crippen MR) is 92.4 cm³/mol. The van der Waals surface area contributed by atoms with Crippen molar-refractivity contribution in [3.63, 3.8) is 0 Å². The number of hydrogen-bond acceptors (Lipinski definition) is 5. The molecule has 24 heavy (non-hydrogen) atoms. The molecule has 0 saturated carbocycles. The number of nitrogens with zero attached hydrogens (tertiary/aromatic N) is 1. The van der Waals surface area contributed by atoms with Gasteiger partial charge in [0.15, 0.2) is 0 Å². The van der Waals surface area contributed by atoms with Crippen molar-refractivity contribution in [2.45, 2.75) is 26.7 Å². The molecule has 0 aliphatic carbocycles. The van der Waals surface area contributed by atoms with E-state index in [2.05, 4.69) is 5.32 Å². The number of nitro groups is 1. The van der Waals surface area contributed by atoms with Crippen LogP contribution in [0.15, 0.2) is 24.3 Å². The fourth-order valence-corrected chi connectivity index (χ4v) is 3.61. The van der Waals surface area contributed by atoms with Gasteiger partial charge in [0.1, 0.15) is 5.00 Å². The second-order valence-electron chi connectivity index (χ2n) is 5.21. The van der Waals surface area contributed by atoms with Gasteiger partial charge in [-0.2, -0.15) is 0 Å². The van der Waals surface area contributed by atoms with Crippen molar-refractivity contribution in [1.82, 2.24) is 0 Å². The average molecular weight is 347 g/mol. The van der Waals surface area contributed by atoms with Crippen LogP contribution in [-0.2, 0) is 17.6 Å². The minimum absolute atomic E-state index is 0.0309. The zero-order valence-electron chi connectivity index (χ0n) is 13.3. The largest absolute Gasteiger partial charge is 0.365 e. The predicted octanol–water partition coefficient (Wildman–Crippen LogP) is 2.81. The van der Waals surface area contributed by atoms with Crippen LogP contribution in [-0.4, -0.2) is 16.7 Å². The standard InChI is InChI=1S/C16H17N3O4S/c1-3-12-9(2)24-16(14(12)15(17)21)18-13(20)8-10-4-6-11(7-5-10)19(22)23/h4-7H,3,8H2,1-2H3,(H2,17,21)(H,18,20). The van der Waals surface area contributed by atoms with Crippen LogP contribution in [0.4, 0.5) is 10.7 Å². The van der Waals surface area contributed by atoms with Gasteiger partial charge < -0.3 is 11.1 Å². The number of rotatable bonds is 6. The highest BCUT2D eigenvalue weighted by molar-refractivity contribution is 7.16. The molecule has 2 amide bonds. The SMILES string of the molecule is CCc1c(C)sc(NC(=O)Cc2ccc([N+](=O)[O-])cc2)c1C(N)=O. The van der Waals surface area contributed by atoms with E-state index in [4.69, 9.17) is 5.73 Å². The summed E-state index contributed by atoms with van der Waals surface area (Å²) < 4.78 is 0. The molecule has 0 aliphatic rings. The molecule has 7 nitrogen and oxygen atoms in total. The number of hydrogen-bond donors (Lipinski definition) is 2. The van der Waals surface area contributed by atoms with Crippen LogP contribution in [0.2, 0.25) is 0 Å². The zero-order valence-corrected chi connectivity index (χ0v) is 14.1. The fraction of sp³-hybridized carbons (Fsp3) is 0.250. The van der Waals surface area contributed by atoms with Gasteiger partial charge in [-0.25, -0.2) is 0 Å². The Balaban J connectivity index is 2.15. The van der Waals surface area contributed by atoms with Crippen molar-refractivity contribution in [2.75, 3.05) is 5.32 Å². The quantitative estimate of drug-likeness (QED) is 0.617. The highest BCUT2D eigenvalue weighted by Crippen LogP contribution is 2.33. The number of carbonyl (C=O) groups excluding carboxylic acids is 2. The second kappa shape index (κ2) is 7.22. The van der Waals surface area contributed by atoms with Crippen LogP contribution in [0.1, 0.15) is 33.3 Å². The molecule has 0 spiro atoms. The molecular weight excluding hydrogens is 330 g/mol. The summed E-state index contributed by atoms with van der Waals surface area (Å²) in [5, 5.41) is 13.8. The lowest BCUT2D eigenvalue weighted by Gasteiger charge is -2.06. The van der Waals surface area contributed by atoms with Crippen molar-refractivity contribution in [1.29, 1.82) is 0 Å². The Labute approximate surface area is 142 Å². The molecule has 0 saturated heterocycles. The summed E-state index contributed by atoms with van der Waals surface area (Å²) in [6, 6.07) is 5.76. The molecule has 0 bridgehead atoms. The number of aryl methyl sites for hydroxylation is 1. The third kappa shape index (κ3) is 3.77. The van der Waals surface area contributed by atoms with E-state index in [0.29, 0.717) is 22.5 Å². The number of thiophene rings is 1. The minimum atomic E-state index is -0.568. The van der Waals surface area contributed by atoms with Crippen LogP contribution in [0.5, 0.6) is 0 Å². The maximum Gasteiger partial charge on any atom is 0.269 e. The molecule has 8 heteroatoms. The van der Waals surface area contributed by atoms with Gasteiger partial charge >= 0.3 is 0 Å². The van der Waals surface area contributed by atoms with Gasteiger partial charge in [-0.3, -0.25) is 19.7 Å². The van der Waals surface area contributed by atoms with Crippen molar-refractivity contribution >= 4 is 33.8 Å². The third-order valence-electron chi connectivity index (χ3n) is 3.57. The van der Waals surface area contributed by atoms with Gasteiger partial charge in [0.25, 0.3) is 11.6 Å². The lowest BCUT2D eigenvalue weighted by Crippen LogP contribution is -2.19. The number of anilines is 1. The van der Waals surface area contributed by atoms with E-state index in [1.807, 2.05) is 13.8 Å². The van der Waals surface area contributed by atoms with Crippen molar-refractivity contribution in [2.24, 2.45) is 5.73 Å². The second-order valence-corrected chi connectivity index (χ2v) is 6.43. The maximum atomic E-state index is 12.2. The minimum Gasteiger partial charge on any atom is -0.365 e. The topological polar surface area (TPSA) is 115 Å². The molecule has 126 valence electrons. The number of nitro benzene ring substituents is 1. The molecule has 2 rings (SSSR count). The Bertz CT molecular complexity index is 796. The van der Waals surface area contributed by atoms with Crippen LogP contribution >= 0.6 is 11.3 Å². The van der Waals surface area contributed by atoms with Gasteiger partial charge in [0.05, 0.1) is 16.9 Å². The summed E-state index contributed by atoms with van der Waals surface area (Å²) in [4.78, 5) is 34.9. The number of primary amides is 1. The first-order valence-electron chi connectivity index (χ1n) is 7.28. The Morgan fingerprint density at radius 3 is 2.42 bits per heavy atom. The zero-order chi connectivity index (χ0) is 17.9. The molecule has 2 aromatic rings. The van der Waals surface area contributed by atoms with E-state index >= 15 is 0 Å². The Kier molecular flexibility index (Phi) is 5.30. The number of non-ortho nitro benzene ring substituents is 1. The van der Waals surface area contributed by atoms with Crippen molar-refractivity contribution in [3.8, 4) is 0 Å². The highest BCUT2D eigenvalue weighted by Gasteiger charge is 2.20. The maximum absolute atomic E-state index is 12.2. The van der Waals surface area contributed by atoms with Gasteiger partial charge in [-0.1, -0.05) is 19.1 Å². The molecule has 1 heterocycles. The number of amides is 2. The summed E-state index contributed by atoms with van der Waals surface area (Å²) in [6.45, 7) is 3.80. The molecule has 0 unspecified atom stereocenters. The summed E-state index contributed by atoms with van der Waals surface area (Å²) in [5.74, 6) is -0.878. The first-order valence-corrected chi connectivity index (χ1v) is 8.10. The number of nitrogens with two attached hydrogens (primary N) is 1. The highest BCUT2D eigenvalue weighted by atomic mass is 32.1. The average Bonchev–Trinajstić information content (AvgIpc) is 2.82. The fourth-order valence-electron chi connectivity index (χ4n) is 2.44. The van der Waals surface area contributed by atoms with Gasteiger partial charge in [-0.05, 0) is 24.5 Å². The van der Waals surface area contributed by atoms with Crippen LogP contribution in [0.25, 0.3) is 0 Å². The first-order chi connectivity index (χ1) is 11.3.